The average Bonchev–Trinajstić information content (AvgIpc) is 1.65. The molecule has 0 N–H and O–H groups in total. The van der Waals surface area contributed by atoms with E-state index >= 15 is 0 Å². The van der Waals surface area contributed by atoms with Gasteiger partial charge in [-0.3, -0.25) is 15.0 Å². The molecular formula is C99H69N3O3. The molecule has 0 aliphatic carbocycles. The molecule has 498 valence electrons. The quantitative estimate of drug-likeness (QED) is 0.0959. The lowest BCUT2D eigenvalue weighted by molar-refractivity contribution is 0.669. The fraction of sp³-hybridized carbons (Fsp3) is 0.0606. The van der Waals surface area contributed by atoms with E-state index in [4.69, 9.17) is 28.2 Å². The monoisotopic (exact) mass is 1350 g/mol. The predicted molar refractivity (Wildman–Crippen MR) is 433 cm³/mol. The van der Waals surface area contributed by atoms with E-state index in [2.05, 4.69) is 311 Å². The molecule has 0 aliphatic heterocycles. The SMILES string of the molecule is Cc1cc(-c2cccc(-c3cccc4c3oc3ccccc34)c2)ncc1CCc1cc(CCc2cnc(-c3cccc(-c4cccc5c4oc4ccccc45)c3)cc2C)cc(-c2ccccc2-c2cnc(-c3cccc(-c4cccc5c4oc4ccccc45)c3)cc2-c2ccc(-c3ccccc3)cc2)c1. The second-order valence-electron chi connectivity index (χ2n) is 27.7. The molecule has 0 saturated heterocycles. The Hall–Kier alpha value is -13.3. The van der Waals surface area contributed by atoms with Crippen LogP contribution in [0.2, 0.25) is 0 Å². The molecule has 6 nitrogen and oxygen atoms in total. The highest BCUT2D eigenvalue weighted by molar-refractivity contribution is 6.12. The summed E-state index contributed by atoms with van der Waals surface area (Å²) in [6.07, 6.45) is 9.56. The lowest BCUT2D eigenvalue weighted by Crippen LogP contribution is -2.01. The number of aryl methyl sites for hydroxylation is 6. The normalized spacial score (nSPS) is 11.7. The van der Waals surface area contributed by atoms with Crippen molar-refractivity contribution in [1.29, 1.82) is 0 Å². The fourth-order valence-corrected chi connectivity index (χ4v) is 15.7. The van der Waals surface area contributed by atoms with Crippen molar-refractivity contribution >= 4 is 65.8 Å². The van der Waals surface area contributed by atoms with Crippen LogP contribution in [0.4, 0.5) is 0 Å². The molecule has 0 atom stereocenters. The van der Waals surface area contributed by atoms with E-state index in [1.54, 1.807) is 0 Å². The van der Waals surface area contributed by atoms with Crippen LogP contribution in [0.15, 0.2) is 347 Å². The van der Waals surface area contributed by atoms with Crippen LogP contribution >= 0.6 is 0 Å². The first-order valence-electron chi connectivity index (χ1n) is 36.2. The number of aromatic nitrogens is 3. The van der Waals surface area contributed by atoms with Gasteiger partial charge in [-0.15, -0.1) is 0 Å². The highest BCUT2D eigenvalue weighted by Crippen LogP contribution is 2.44. The minimum atomic E-state index is 0.819. The van der Waals surface area contributed by atoms with Crippen LogP contribution in [0, 0.1) is 13.8 Å². The average molecular weight is 1350 g/mol. The van der Waals surface area contributed by atoms with Crippen molar-refractivity contribution in [3.63, 3.8) is 0 Å². The Labute approximate surface area is 608 Å². The number of hydrogen-bond donors (Lipinski definition) is 0. The van der Waals surface area contributed by atoms with Crippen molar-refractivity contribution in [2.24, 2.45) is 0 Å². The van der Waals surface area contributed by atoms with Gasteiger partial charge < -0.3 is 13.3 Å². The van der Waals surface area contributed by atoms with Gasteiger partial charge in [0.15, 0.2) is 0 Å². The van der Waals surface area contributed by atoms with Gasteiger partial charge in [0, 0.05) is 89.9 Å². The van der Waals surface area contributed by atoms with E-state index in [-0.39, 0.29) is 0 Å². The zero-order chi connectivity index (χ0) is 69.9. The molecule has 19 rings (SSSR count). The summed E-state index contributed by atoms with van der Waals surface area (Å²) in [5.41, 5.74) is 34.1. The van der Waals surface area contributed by atoms with Crippen molar-refractivity contribution in [3.05, 3.63) is 367 Å². The molecule has 6 heteroatoms. The smallest absolute Gasteiger partial charge is 0.143 e. The number of pyridine rings is 3. The predicted octanol–water partition coefficient (Wildman–Crippen LogP) is 26.4. The van der Waals surface area contributed by atoms with Gasteiger partial charge in [-0.1, -0.05) is 261 Å². The molecule has 13 aromatic carbocycles. The summed E-state index contributed by atoms with van der Waals surface area (Å²) in [5.74, 6) is 0. The molecule has 0 unspecified atom stereocenters. The minimum Gasteiger partial charge on any atom is -0.455 e. The number of rotatable bonds is 16. The molecule has 0 amide bonds. The zero-order valence-electron chi connectivity index (χ0n) is 58.1. The van der Waals surface area contributed by atoms with Gasteiger partial charge in [-0.25, -0.2) is 0 Å². The Morgan fingerprint density at radius 1 is 0.219 bits per heavy atom. The molecule has 19 aromatic rings. The maximum absolute atomic E-state index is 6.57. The van der Waals surface area contributed by atoms with Crippen LogP contribution in [-0.4, -0.2) is 15.0 Å². The maximum Gasteiger partial charge on any atom is 0.143 e. The summed E-state index contributed by atoms with van der Waals surface area (Å²) in [6.45, 7) is 4.45. The number of furan rings is 3. The first-order chi connectivity index (χ1) is 51.8. The van der Waals surface area contributed by atoms with Gasteiger partial charge in [0.1, 0.15) is 33.5 Å². The zero-order valence-corrected chi connectivity index (χ0v) is 58.1. The Balaban J connectivity index is 0.670. The van der Waals surface area contributed by atoms with Crippen LogP contribution in [0.25, 0.3) is 177 Å². The standard InChI is InChI=1S/C99H69N3O3/c1-62-50-91(72-25-14-22-69(55-72)79-33-17-36-86-83-30-8-11-39-94(83)103-97(79)86)100-59-75(62)44-42-64-52-65(43-45-76-60-101-92(51-63(76)2)73-26-15-23-70(56-73)80-34-18-37-87-84-31-9-12-40-95(84)104-98(80)87)54-77(53-64)78-28-6-7-29-82(78)90-61-102-93(58-89(90)68-48-46-67(47-49-68)66-20-4-3-5-21-66)74-27-16-24-71(57-74)81-35-19-38-88-85-32-10-13-41-96(85)105-99(81)88/h3-41,46-61H,42-45H2,1-2H3. The van der Waals surface area contributed by atoms with E-state index < -0.39 is 0 Å². The molecule has 6 aromatic heterocycles. The number of nitrogens with zero attached hydrogens (tertiary/aromatic N) is 3. The van der Waals surface area contributed by atoms with Crippen molar-refractivity contribution in [2.75, 3.05) is 0 Å². The van der Waals surface area contributed by atoms with Gasteiger partial charge in [0.2, 0.25) is 0 Å². The molecule has 0 fully saturated rings. The van der Waals surface area contributed by atoms with Crippen LogP contribution in [-0.2, 0) is 25.7 Å². The number of fused-ring (bicyclic) bond motifs is 9. The highest BCUT2D eigenvalue weighted by Gasteiger charge is 2.21. The second kappa shape index (κ2) is 26.6. The maximum atomic E-state index is 6.57. The molecule has 0 radical (unpaired) electrons. The molecule has 6 heterocycles. The summed E-state index contributed by atoms with van der Waals surface area (Å²) in [5, 5.41) is 6.69. The molecule has 0 saturated carbocycles. The summed E-state index contributed by atoms with van der Waals surface area (Å²) in [4.78, 5) is 15.8. The molecule has 0 aliphatic rings. The Bertz CT molecular complexity index is 6340. The van der Waals surface area contributed by atoms with Gasteiger partial charge in [0.05, 0.1) is 17.1 Å². The largest absolute Gasteiger partial charge is 0.455 e. The third-order valence-electron chi connectivity index (χ3n) is 21.2. The van der Waals surface area contributed by atoms with Crippen LogP contribution in [0.5, 0.6) is 0 Å². The Morgan fingerprint density at radius 2 is 0.571 bits per heavy atom. The Morgan fingerprint density at radius 3 is 1.04 bits per heavy atom. The number of para-hydroxylation sites is 6. The van der Waals surface area contributed by atoms with Gasteiger partial charge in [0.25, 0.3) is 0 Å². The van der Waals surface area contributed by atoms with E-state index in [1.807, 2.05) is 36.4 Å². The lowest BCUT2D eigenvalue weighted by atomic mass is 9.87. The minimum absolute atomic E-state index is 0.819. The summed E-state index contributed by atoms with van der Waals surface area (Å²) >= 11 is 0. The van der Waals surface area contributed by atoms with Crippen molar-refractivity contribution in [2.45, 2.75) is 39.5 Å². The lowest BCUT2D eigenvalue weighted by Gasteiger charge is -2.18. The topological polar surface area (TPSA) is 78.1 Å². The van der Waals surface area contributed by atoms with E-state index in [0.717, 1.165) is 198 Å². The summed E-state index contributed by atoms with van der Waals surface area (Å²) < 4.78 is 19.6. The first-order valence-corrected chi connectivity index (χ1v) is 36.2. The van der Waals surface area contributed by atoms with Gasteiger partial charge in [-0.2, -0.15) is 0 Å². The molecule has 105 heavy (non-hydrogen) atoms. The van der Waals surface area contributed by atoms with Crippen molar-refractivity contribution < 1.29 is 13.3 Å². The fourth-order valence-electron chi connectivity index (χ4n) is 15.7. The number of benzene rings is 13. The highest BCUT2D eigenvalue weighted by atomic mass is 16.3. The van der Waals surface area contributed by atoms with Gasteiger partial charge in [-0.05, 0) is 183 Å². The molecule has 0 bridgehead atoms. The third-order valence-corrected chi connectivity index (χ3v) is 21.2. The van der Waals surface area contributed by atoms with Crippen molar-refractivity contribution in [1.82, 2.24) is 15.0 Å². The summed E-state index contributed by atoms with van der Waals surface area (Å²) in [7, 11) is 0. The van der Waals surface area contributed by atoms with Crippen LogP contribution < -0.4 is 0 Å². The Kier molecular flexibility index (Phi) is 15.9. The number of hydrogen-bond acceptors (Lipinski definition) is 6. The van der Waals surface area contributed by atoms with Crippen molar-refractivity contribution in [3.8, 4) is 112 Å². The third kappa shape index (κ3) is 11.8. The van der Waals surface area contributed by atoms with Crippen LogP contribution in [0.1, 0.15) is 33.4 Å². The van der Waals surface area contributed by atoms with E-state index in [1.165, 1.54) is 38.9 Å². The first kappa shape index (κ1) is 62.7. The van der Waals surface area contributed by atoms with E-state index in [0.29, 0.717) is 0 Å². The molecule has 0 spiro atoms. The summed E-state index contributed by atoms with van der Waals surface area (Å²) in [6, 6.07) is 113. The second-order valence-corrected chi connectivity index (χ2v) is 27.7. The van der Waals surface area contributed by atoms with Crippen LogP contribution in [0.3, 0.4) is 0 Å². The molecular weight excluding hydrogens is 1280 g/mol. The van der Waals surface area contributed by atoms with Gasteiger partial charge >= 0.3 is 0 Å². The van der Waals surface area contributed by atoms with E-state index in [9.17, 15) is 0 Å².